The molecule has 0 saturated carbocycles. The third kappa shape index (κ3) is 2.44. The maximum absolute atomic E-state index is 11.9. The second-order valence-electron chi connectivity index (χ2n) is 4.31. The number of nitrogens with zero attached hydrogens (tertiary/aromatic N) is 2. The summed E-state index contributed by atoms with van der Waals surface area (Å²) in [5.41, 5.74) is -0.239. The number of H-pyrrole nitrogens is 2. The highest BCUT2D eigenvalue weighted by Gasteiger charge is 2.37. The molecule has 0 radical (unpaired) electrons. The van der Waals surface area contributed by atoms with Crippen LogP contribution in [0.1, 0.15) is 5.56 Å². The SMILES string of the molecule is O=C1ON=[N+](c2ccccc2)/C1=C/c1c(O)[nH]c(=S)[nH]c1=O. The lowest BCUT2D eigenvalue weighted by atomic mass is 10.2. The molecule has 0 spiro atoms. The summed E-state index contributed by atoms with van der Waals surface area (Å²) in [4.78, 5) is 33.0. The lowest BCUT2D eigenvalue weighted by molar-refractivity contribution is -0.462. The zero-order valence-electron chi connectivity index (χ0n) is 10.9. The molecule has 2 aromatic rings. The van der Waals surface area contributed by atoms with Crippen LogP contribution < -0.4 is 5.56 Å². The molecule has 8 nitrogen and oxygen atoms in total. The normalized spacial score (nSPS) is 15.7. The smallest absolute Gasteiger partial charge is 0.437 e. The highest BCUT2D eigenvalue weighted by atomic mass is 32.1. The van der Waals surface area contributed by atoms with Gasteiger partial charge in [0.15, 0.2) is 4.77 Å². The summed E-state index contributed by atoms with van der Waals surface area (Å²) in [6.45, 7) is 0. The molecule has 1 aliphatic heterocycles. The van der Waals surface area contributed by atoms with Crippen LogP contribution >= 0.6 is 12.2 Å². The Labute approximate surface area is 128 Å². The molecular weight excluding hydrogens is 308 g/mol. The Balaban J connectivity index is 2.14. The minimum atomic E-state index is -0.745. The fraction of sp³-hybridized carbons (Fsp3) is 0. The molecule has 22 heavy (non-hydrogen) atoms. The van der Waals surface area contributed by atoms with Crippen molar-refractivity contribution in [2.45, 2.75) is 0 Å². The van der Waals surface area contributed by atoms with Gasteiger partial charge in [-0.25, -0.2) is 4.79 Å². The zero-order valence-corrected chi connectivity index (χ0v) is 11.8. The number of carbonyl (C=O) groups is 1. The van der Waals surface area contributed by atoms with Crippen molar-refractivity contribution in [3.05, 3.63) is 56.7 Å². The molecule has 2 heterocycles. The predicted molar refractivity (Wildman–Crippen MR) is 76.8 cm³/mol. The quantitative estimate of drug-likeness (QED) is 0.444. The van der Waals surface area contributed by atoms with E-state index in [0.717, 1.165) is 0 Å². The zero-order chi connectivity index (χ0) is 15.7. The Kier molecular flexibility index (Phi) is 3.39. The van der Waals surface area contributed by atoms with Gasteiger partial charge in [0.2, 0.25) is 16.8 Å². The lowest BCUT2D eigenvalue weighted by Crippen LogP contribution is -2.13. The molecule has 0 saturated heterocycles. The summed E-state index contributed by atoms with van der Waals surface area (Å²) in [7, 11) is 0. The van der Waals surface area contributed by atoms with Crippen molar-refractivity contribution in [3.8, 4) is 5.88 Å². The number of nitrogens with one attached hydrogen (secondary N) is 2. The number of aromatic nitrogens is 2. The van der Waals surface area contributed by atoms with E-state index in [-0.39, 0.29) is 16.0 Å². The number of hydrogen-bond donors (Lipinski definition) is 3. The minimum Gasteiger partial charge on any atom is -0.494 e. The molecule has 110 valence electrons. The van der Waals surface area contributed by atoms with Gasteiger partial charge in [0.25, 0.3) is 5.56 Å². The molecule has 0 atom stereocenters. The molecule has 0 amide bonds. The molecule has 0 aliphatic carbocycles. The largest absolute Gasteiger partial charge is 0.494 e. The Morgan fingerprint density at radius 2 is 1.95 bits per heavy atom. The van der Waals surface area contributed by atoms with E-state index in [1.807, 2.05) is 0 Å². The fourth-order valence-corrected chi connectivity index (χ4v) is 2.07. The first kappa shape index (κ1) is 13.9. The van der Waals surface area contributed by atoms with Crippen molar-refractivity contribution in [2.24, 2.45) is 5.28 Å². The van der Waals surface area contributed by atoms with Crippen molar-refractivity contribution < 1.29 is 19.4 Å². The number of para-hydroxylation sites is 1. The number of aromatic amines is 2. The fourth-order valence-electron chi connectivity index (χ4n) is 1.89. The number of aromatic hydroxyl groups is 1. The molecule has 3 N–H and O–H groups in total. The third-order valence-electron chi connectivity index (χ3n) is 2.88. The van der Waals surface area contributed by atoms with Gasteiger partial charge < -0.3 is 10.1 Å². The molecule has 1 aromatic heterocycles. The number of carbonyl (C=O) groups excluding carboxylic acids is 1. The second-order valence-corrected chi connectivity index (χ2v) is 4.72. The highest BCUT2D eigenvalue weighted by molar-refractivity contribution is 7.71. The summed E-state index contributed by atoms with van der Waals surface area (Å²) in [5.74, 6) is -1.20. The molecule has 9 heteroatoms. The Morgan fingerprint density at radius 3 is 2.64 bits per heavy atom. The minimum absolute atomic E-state index is 0.0162. The summed E-state index contributed by atoms with van der Waals surface area (Å²) in [6.07, 6.45) is 1.17. The van der Waals surface area contributed by atoms with E-state index in [2.05, 4.69) is 20.1 Å². The predicted octanol–water partition coefficient (Wildman–Crippen LogP) is 1.75. The van der Waals surface area contributed by atoms with E-state index in [1.54, 1.807) is 30.3 Å². The van der Waals surface area contributed by atoms with E-state index >= 15 is 0 Å². The number of hydrogen-bond acceptors (Lipinski definition) is 6. The van der Waals surface area contributed by atoms with E-state index in [4.69, 9.17) is 12.2 Å². The van der Waals surface area contributed by atoms with Crippen LogP contribution in [-0.2, 0) is 9.63 Å². The van der Waals surface area contributed by atoms with Crippen LogP contribution in [0.5, 0.6) is 5.88 Å². The molecule has 0 unspecified atom stereocenters. The van der Waals surface area contributed by atoms with Crippen molar-refractivity contribution in [3.63, 3.8) is 0 Å². The van der Waals surface area contributed by atoms with Crippen LogP contribution in [0.15, 0.2) is 46.1 Å². The van der Waals surface area contributed by atoms with Crippen LogP contribution in [0.25, 0.3) is 6.08 Å². The Hall–Kier alpha value is -3.07. The molecule has 1 aromatic carbocycles. The molecule has 0 fully saturated rings. The lowest BCUT2D eigenvalue weighted by Gasteiger charge is -1.97. The van der Waals surface area contributed by atoms with Crippen LogP contribution in [0.2, 0.25) is 0 Å². The van der Waals surface area contributed by atoms with Gasteiger partial charge in [0, 0.05) is 18.2 Å². The average Bonchev–Trinajstić information content (AvgIpc) is 2.85. The first-order chi connectivity index (χ1) is 10.6. The van der Waals surface area contributed by atoms with E-state index in [1.165, 1.54) is 10.8 Å². The van der Waals surface area contributed by atoms with Gasteiger partial charge in [-0.05, 0) is 16.9 Å². The summed E-state index contributed by atoms with van der Waals surface area (Å²) in [6, 6.07) is 8.74. The summed E-state index contributed by atoms with van der Waals surface area (Å²) in [5, 5.41) is 13.4. The van der Waals surface area contributed by atoms with Crippen molar-refractivity contribution in [1.82, 2.24) is 9.97 Å². The molecular formula is C13H9N4O4S+. The summed E-state index contributed by atoms with van der Waals surface area (Å²) < 4.78 is 1.20. The monoisotopic (exact) mass is 317 g/mol. The van der Waals surface area contributed by atoms with Gasteiger partial charge in [-0.15, -0.1) is 0 Å². The topological polar surface area (TPSA) is 111 Å². The van der Waals surface area contributed by atoms with Gasteiger partial charge in [0.1, 0.15) is 5.56 Å². The van der Waals surface area contributed by atoms with Gasteiger partial charge in [-0.1, -0.05) is 18.2 Å². The first-order valence-electron chi connectivity index (χ1n) is 6.11. The molecule has 1 aliphatic rings. The van der Waals surface area contributed by atoms with Crippen LogP contribution in [0.3, 0.4) is 0 Å². The van der Waals surface area contributed by atoms with Gasteiger partial charge in [-0.3, -0.25) is 14.6 Å². The van der Waals surface area contributed by atoms with Gasteiger partial charge in [-0.2, -0.15) is 0 Å². The molecule has 0 bridgehead atoms. The Bertz CT molecular complexity index is 927. The molecule has 3 rings (SSSR count). The maximum atomic E-state index is 11.9. The number of benzene rings is 1. The van der Waals surface area contributed by atoms with E-state index < -0.39 is 17.4 Å². The Morgan fingerprint density at radius 1 is 1.23 bits per heavy atom. The van der Waals surface area contributed by atoms with Crippen LogP contribution in [-0.4, -0.2) is 25.7 Å². The van der Waals surface area contributed by atoms with Crippen LogP contribution in [0.4, 0.5) is 5.69 Å². The van der Waals surface area contributed by atoms with E-state index in [0.29, 0.717) is 5.69 Å². The van der Waals surface area contributed by atoms with Crippen LogP contribution in [0, 0.1) is 4.77 Å². The average molecular weight is 317 g/mol. The standard InChI is InChI=1S/C13H8N4O4S/c18-10-8(11(19)15-13(22)14-10)6-9-12(20)21-16-17(9)7-4-2-1-3-5-7/h1-6H,(H2-,14,15,16,18,19,20,22)/p+1. The summed E-state index contributed by atoms with van der Waals surface area (Å²) >= 11 is 4.74. The van der Waals surface area contributed by atoms with Crippen molar-refractivity contribution in [2.75, 3.05) is 0 Å². The first-order valence-corrected chi connectivity index (χ1v) is 6.52. The van der Waals surface area contributed by atoms with Gasteiger partial charge >= 0.3 is 11.7 Å². The third-order valence-corrected chi connectivity index (χ3v) is 3.09. The van der Waals surface area contributed by atoms with Gasteiger partial charge in [0.05, 0.1) is 0 Å². The number of rotatable bonds is 2. The highest BCUT2D eigenvalue weighted by Crippen LogP contribution is 2.24. The van der Waals surface area contributed by atoms with Crippen molar-refractivity contribution in [1.29, 1.82) is 0 Å². The second kappa shape index (κ2) is 5.37. The maximum Gasteiger partial charge on any atom is 0.437 e. The van der Waals surface area contributed by atoms with Crippen molar-refractivity contribution >= 4 is 30.0 Å². The van der Waals surface area contributed by atoms with E-state index in [9.17, 15) is 14.7 Å².